The summed E-state index contributed by atoms with van der Waals surface area (Å²) in [5.74, 6) is -1.19. The average Bonchev–Trinajstić information content (AvgIpc) is 2.82. The van der Waals surface area contributed by atoms with Crippen LogP contribution in [0.3, 0.4) is 0 Å². The molecule has 0 radical (unpaired) electrons. The smallest absolute Gasteiger partial charge is 0.303 e. The molecular weight excluding hydrogens is 254 g/mol. The molecular formula is C11H17N3O3S. The number of nitrogens with two attached hydrogens (primary N) is 1. The number of thiazole rings is 1. The fourth-order valence-corrected chi connectivity index (χ4v) is 2.10. The van der Waals surface area contributed by atoms with Gasteiger partial charge in [-0.05, 0) is 5.92 Å². The molecule has 0 aliphatic heterocycles. The third-order valence-electron chi connectivity index (χ3n) is 2.55. The monoisotopic (exact) mass is 271 g/mol. The molecule has 0 fully saturated rings. The Bertz CT molecular complexity index is 419. The average molecular weight is 271 g/mol. The summed E-state index contributed by atoms with van der Waals surface area (Å²) >= 11 is 1.34. The third-order valence-corrected chi connectivity index (χ3v) is 3.42. The lowest BCUT2D eigenvalue weighted by atomic mass is 10.0. The topological polar surface area (TPSA) is 105 Å². The van der Waals surface area contributed by atoms with E-state index in [1.54, 1.807) is 5.38 Å². The molecule has 0 aromatic carbocycles. The summed E-state index contributed by atoms with van der Waals surface area (Å²) in [6.07, 6.45) is 0.763. The van der Waals surface area contributed by atoms with Crippen LogP contribution in [0.1, 0.15) is 35.3 Å². The zero-order valence-electron chi connectivity index (χ0n) is 10.2. The molecule has 0 aliphatic rings. The lowest BCUT2D eigenvalue weighted by Crippen LogP contribution is -2.30. The van der Waals surface area contributed by atoms with Gasteiger partial charge in [0.2, 0.25) is 0 Å². The summed E-state index contributed by atoms with van der Waals surface area (Å²) in [6.45, 7) is 2.56. The molecule has 1 unspecified atom stereocenters. The highest BCUT2D eigenvalue weighted by Crippen LogP contribution is 2.10. The predicted molar refractivity (Wildman–Crippen MR) is 68.4 cm³/mol. The molecule has 4 N–H and O–H groups in total. The van der Waals surface area contributed by atoms with Gasteiger partial charge in [0.25, 0.3) is 5.91 Å². The summed E-state index contributed by atoms with van der Waals surface area (Å²) in [5, 5.41) is 13.7. The number of carboxylic acid groups (broad SMARTS) is 1. The quantitative estimate of drug-likeness (QED) is 0.681. The first-order chi connectivity index (χ1) is 8.56. The molecule has 7 heteroatoms. The number of carbonyl (C=O) groups excluding carboxylic acids is 1. The van der Waals surface area contributed by atoms with Crippen molar-refractivity contribution < 1.29 is 14.7 Å². The van der Waals surface area contributed by atoms with Crippen LogP contribution in [0.25, 0.3) is 0 Å². The van der Waals surface area contributed by atoms with Crippen LogP contribution in [-0.4, -0.2) is 28.5 Å². The van der Waals surface area contributed by atoms with Crippen LogP contribution in [0.15, 0.2) is 5.38 Å². The number of nitrogens with zero attached hydrogens (tertiary/aromatic N) is 1. The van der Waals surface area contributed by atoms with Gasteiger partial charge in [-0.25, -0.2) is 4.98 Å². The van der Waals surface area contributed by atoms with Crippen LogP contribution in [0.5, 0.6) is 0 Å². The number of aromatic nitrogens is 1. The van der Waals surface area contributed by atoms with Gasteiger partial charge in [0.05, 0.1) is 0 Å². The lowest BCUT2D eigenvalue weighted by Gasteiger charge is -2.12. The van der Waals surface area contributed by atoms with Crippen LogP contribution in [0, 0.1) is 5.92 Å². The Hall–Kier alpha value is -1.47. The van der Waals surface area contributed by atoms with Crippen LogP contribution in [-0.2, 0) is 11.3 Å². The minimum Gasteiger partial charge on any atom is -0.481 e. The lowest BCUT2D eigenvalue weighted by molar-refractivity contribution is -0.138. The maximum atomic E-state index is 11.7. The highest BCUT2D eigenvalue weighted by atomic mass is 32.1. The highest BCUT2D eigenvalue weighted by Gasteiger charge is 2.14. The van der Waals surface area contributed by atoms with E-state index in [1.165, 1.54) is 11.3 Å². The molecule has 18 heavy (non-hydrogen) atoms. The fraction of sp³-hybridized carbons (Fsp3) is 0.545. The molecule has 1 atom stereocenters. The van der Waals surface area contributed by atoms with E-state index in [2.05, 4.69) is 10.3 Å². The van der Waals surface area contributed by atoms with Crippen molar-refractivity contribution in [2.24, 2.45) is 11.7 Å². The number of nitrogens with one attached hydrogen (secondary N) is 1. The number of carbonyl (C=O) groups is 2. The molecule has 1 aromatic heterocycles. The summed E-state index contributed by atoms with van der Waals surface area (Å²) < 4.78 is 0. The van der Waals surface area contributed by atoms with Crippen molar-refractivity contribution in [1.82, 2.24) is 10.3 Å². The van der Waals surface area contributed by atoms with E-state index in [-0.39, 0.29) is 18.2 Å². The van der Waals surface area contributed by atoms with E-state index in [1.807, 2.05) is 6.92 Å². The van der Waals surface area contributed by atoms with Crippen molar-refractivity contribution in [2.45, 2.75) is 26.3 Å². The molecule has 0 saturated heterocycles. The number of hydrogen-bond acceptors (Lipinski definition) is 5. The maximum Gasteiger partial charge on any atom is 0.303 e. The Kier molecular flexibility index (Phi) is 5.73. The molecule has 1 aromatic rings. The summed E-state index contributed by atoms with van der Waals surface area (Å²) in [7, 11) is 0. The van der Waals surface area contributed by atoms with Gasteiger partial charge in [-0.1, -0.05) is 13.3 Å². The molecule has 100 valence electrons. The Morgan fingerprint density at radius 2 is 2.33 bits per heavy atom. The second kappa shape index (κ2) is 7.07. The van der Waals surface area contributed by atoms with Crippen molar-refractivity contribution in [3.8, 4) is 0 Å². The highest BCUT2D eigenvalue weighted by molar-refractivity contribution is 7.09. The van der Waals surface area contributed by atoms with Crippen molar-refractivity contribution in [3.63, 3.8) is 0 Å². The third kappa shape index (κ3) is 4.42. The fourth-order valence-electron chi connectivity index (χ4n) is 1.44. The normalized spacial score (nSPS) is 12.1. The van der Waals surface area contributed by atoms with Crippen LogP contribution < -0.4 is 11.1 Å². The van der Waals surface area contributed by atoms with Gasteiger partial charge < -0.3 is 16.2 Å². The molecule has 0 aliphatic carbocycles. The van der Waals surface area contributed by atoms with E-state index < -0.39 is 5.97 Å². The zero-order chi connectivity index (χ0) is 13.5. The largest absolute Gasteiger partial charge is 0.481 e. The predicted octanol–water partition coefficient (Wildman–Crippen LogP) is 0.833. The molecule has 0 saturated carbocycles. The van der Waals surface area contributed by atoms with Crippen molar-refractivity contribution in [3.05, 3.63) is 16.1 Å². The minimum atomic E-state index is -0.852. The molecule has 0 bridgehead atoms. The van der Waals surface area contributed by atoms with Crippen LogP contribution >= 0.6 is 11.3 Å². The van der Waals surface area contributed by atoms with Crippen LogP contribution in [0.4, 0.5) is 0 Å². The Morgan fingerprint density at radius 1 is 1.61 bits per heavy atom. The van der Waals surface area contributed by atoms with Crippen molar-refractivity contribution in [2.75, 3.05) is 6.54 Å². The summed E-state index contributed by atoms with van der Waals surface area (Å²) in [4.78, 5) is 26.4. The number of rotatable bonds is 7. The van der Waals surface area contributed by atoms with E-state index in [4.69, 9.17) is 10.8 Å². The van der Waals surface area contributed by atoms with Crippen molar-refractivity contribution in [1.29, 1.82) is 0 Å². The molecule has 1 heterocycles. The molecule has 1 amide bonds. The Labute approximate surface area is 109 Å². The summed E-state index contributed by atoms with van der Waals surface area (Å²) in [6, 6.07) is 0. The number of amides is 1. The van der Waals surface area contributed by atoms with Crippen molar-refractivity contribution >= 4 is 23.2 Å². The number of aliphatic carboxylic acids is 1. The molecule has 0 spiro atoms. The van der Waals surface area contributed by atoms with E-state index >= 15 is 0 Å². The van der Waals surface area contributed by atoms with E-state index in [0.717, 1.165) is 0 Å². The Morgan fingerprint density at radius 3 is 2.83 bits per heavy atom. The van der Waals surface area contributed by atoms with E-state index in [9.17, 15) is 9.59 Å². The minimum absolute atomic E-state index is 0.0564. The first-order valence-corrected chi connectivity index (χ1v) is 6.59. The number of carboxylic acids is 1. The van der Waals surface area contributed by atoms with Gasteiger partial charge in [-0.15, -0.1) is 11.3 Å². The second-order valence-corrected chi connectivity index (χ2v) is 4.86. The van der Waals surface area contributed by atoms with Gasteiger partial charge in [-0.3, -0.25) is 9.59 Å². The van der Waals surface area contributed by atoms with Gasteiger partial charge >= 0.3 is 5.97 Å². The maximum absolute atomic E-state index is 11.7. The van der Waals surface area contributed by atoms with Gasteiger partial charge in [0.1, 0.15) is 10.7 Å². The molecule has 6 nitrogen and oxygen atoms in total. The zero-order valence-corrected chi connectivity index (χ0v) is 11.0. The second-order valence-electron chi connectivity index (χ2n) is 3.91. The first-order valence-electron chi connectivity index (χ1n) is 5.71. The summed E-state index contributed by atoms with van der Waals surface area (Å²) in [5.41, 5.74) is 5.75. The molecule has 1 rings (SSSR count). The number of hydrogen-bond donors (Lipinski definition) is 3. The van der Waals surface area contributed by atoms with Gasteiger partial charge in [0, 0.05) is 24.9 Å². The Balaban J connectivity index is 2.46. The first kappa shape index (κ1) is 14.6. The van der Waals surface area contributed by atoms with Gasteiger partial charge in [-0.2, -0.15) is 0 Å². The van der Waals surface area contributed by atoms with Gasteiger partial charge in [0.15, 0.2) is 0 Å². The standard InChI is InChI=1S/C11H17N3O3S/c1-2-7(3-10(15)16)5-13-11(17)8-6-18-9(4-12)14-8/h6-7H,2-5,12H2,1H3,(H,13,17)(H,15,16). The van der Waals surface area contributed by atoms with Crippen LogP contribution in [0.2, 0.25) is 0 Å². The van der Waals surface area contributed by atoms with E-state index in [0.29, 0.717) is 30.2 Å². The SMILES string of the molecule is CCC(CNC(=O)c1csc(CN)n1)CC(=O)O.